The second-order valence-corrected chi connectivity index (χ2v) is 8.89. The normalized spacial score (nSPS) is 14.1. The van der Waals surface area contributed by atoms with Crippen LogP contribution in [0, 0.1) is 0 Å². The van der Waals surface area contributed by atoms with Gasteiger partial charge in [-0.2, -0.15) is 0 Å². The molecule has 7 nitrogen and oxygen atoms in total. The van der Waals surface area contributed by atoms with Gasteiger partial charge in [-0.05, 0) is 31.0 Å². The van der Waals surface area contributed by atoms with Crippen LogP contribution in [0.2, 0.25) is 5.02 Å². The van der Waals surface area contributed by atoms with Gasteiger partial charge in [0.15, 0.2) is 11.6 Å². The fourth-order valence-electron chi connectivity index (χ4n) is 4.40. The number of fused-ring (bicyclic) bond motifs is 1. The molecule has 1 saturated carbocycles. The summed E-state index contributed by atoms with van der Waals surface area (Å²) in [7, 11) is 0. The van der Waals surface area contributed by atoms with Gasteiger partial charge in [0.2, 0.25) is 0 Å². The van der Waals surface area contributed by atoms with E-state index in [1.807, 2.05) is 54.6 Å². The number of aromatic nitrogens is 3. The Morgan fingerprint density at radius 3 is 2.50 bits per heavy atom. The van der Waals surface area contributed by atoms with Crippen molar-refractivity contribution in [1.29, 1.82) is 0 Å². The zero-order valence-corrected chi connectivity index (χ0v) is 19.3. The van der Waals surface area contributed by atoms with E-state index >= 15 is 0 Å². The van der Waals surface area contributed by atoms with Crippen molar-refractivity contribution in [2.45, 2.75) is 38.1 Å². The van der Waals surface area contributed by atoms with Crippen LogP contribution < -0.4 is 16.4 Å². The standard InChI is InChI=1S/C26H25ClN6O/c27-20-15-18(14-17-10-7-13-29-21(17)20)23-22(16-8-3-1-4-9-16)31-24(28)25(32-23)33-26(34)30-19-11-5-2-6-12-19/h1,3-4,7-10,13-15,19H,2,5-6,11-12H2,(H2,28,31)(H2,30,32,33,34). The Morgan fingerprint density at radius 2 is 1.71 bits per heavy atom. The smallest absolute Gasteiger partial charge is 0.320 e. The molecule has 172 valence electrons. The molecule has 34 heavy (non-hydrogen) atoms. The van der Waals surface area contributed by atoms with E-state index in [0.29, 0.717) is 21.9 Å². The van der Waals surface area contributed by atoms with Gasteiger partial charge in [0.1, 0.15) is 0 Å². The van der Waals surface area contributed by atoms with E-state index in [4.69, 9.17) is 22.3 Å². The minimum absolute atomic E-state index is 0.148. The molecule has 1 fully saturated rings. The lowest BCUT2D eigenvalue weighted by Gasteiger charge is -2.23. The number of amides is 2. The highest BCUT2D eigenvalue weighted by atomic mass is 35.5. The zero-order valence-electron chi connectivity index (χ0n) is 18.6. The van der Waals surface area contributed by atoms with E-state index in [-0.39, 0.29) is 23.7 Å². The highest BCUT2D eigenvalue weighted by Gasteiger charge is 2.20. The molecule has 2 aromatic heterocycles. The molecule has 4 aromatic rings. The predicted molar refractivity (Wildman–Crippen MR) is 137 cm³/mol. The quantitative estimate of drug-likeness (QED) is 0.335. The van der Waals surface area contributed by atoms with Gasteiger partial charge in [-0.25, -0.2) is 14.8 Å². The second-order valence-electron chi connectivity index (χ2n) is 8.49. The van der Waals surface area contributed by atoms with E-state index in [1.165, 1.54) is 6.42 Å². The molecule has 2 heterocycles. The molecule has 0 bridgehead atoms. The number of nitrogens with two attached hydrogens (primary N) is 1. The minimum Gasteiger partial charge on any atom is -0.381 e. The van der Waals surface area contributed by atoms with Crippen LogP contribution in [0.25, 0.3) is 33.4 Å². The number of nitrogens with zero attached hydrogens (tertiary/aromatic N) is 3. The summed E-state index contributed by atoms with van der Waals surface area (Å²) in [5.41, 5.74) is 9.76. The molecule has 2 aromatic carbocycles. The van der Waals surface area contributed by atoms with Crippen molar-refractivity contribution in [3.05, 3.63) is 65.8 Å². The van der Waals surface area contributed by atoms with Crippen molar-refractivity contribution >= 4 is 40.2 Å². The number of pyridine rings is 1. The molecule has 4 N–H and O–H groups in total. The zero-order chi connectivity index (χ0) is 23.5. The van der Waals surface area contributed by atoms with E-state index in [0.717, 1.165) is 42.2 Å². The van der Waals surface area contributed by atoms with Crippen LogP contribution in [0.3, 0.4) is 0 Å². The first-order valence-electron chi connectivity index (χ1n) is 11.4. The van der Waals surface area contributed by atoms with Gasteiger partial charge >= 0.3 is 6.03 Å². The molecule has 0 radical (unpaired) electrons. The highest BCUT2D eigenvalue weighted by Crippen LogP contribution is 2.35. The molecular formula is C26H25ClN6O. The molecule has 0 aliphatic heterocycles. The maximum atomic E-state index is 12.7. The molecule has 0 saturated heterocycles. The summed E-state index contributed by atoms with van der Waals surface area (Å²) in [6, 6.07) is 17.1. The first kappa shape index (κ1) is 22.1. The lowest BCUT2D eigenvalue weighted by Crippen LogP contribution is -2.39. The average molecular weight is 473 g/mol. The number of nitrogen functional groups attached to an aromatic ring is 1. The monoisotopic (exact) mass is 472 g/mol. The van der Waals surface area contributed by atoms with Crippen LogP contribution in [0.15, 0.2) is 60.8 Å². The summed E-state index contributed by atoms with van der Waals surface area (Å²) in [5.74, 6) is 0.361. The molecule has 1 aliphatic carbocycles. The van der Waals surface area contributed by atoms with Crippen molar-refractivity contribution in [3.8, 4) is 22.5 Å². The fraction of sp³-hybridized carbons (Fsp3) is 0.231. The van der Waals surface area contributed by atoms with Crippen molar-refractivity contribution in [2.75, 3.05) is 11.1 Å². The molecule has 5 rings (SSSR count). The van der Waals surface area contributed by atoms with Crippen molar-refractivity contribution in [3.63, 3.8) is 0 Å². The van der Waals surface area contributed by atoms with Crippen molar-refractivity contribution in [2.24, 2.45) is 0 Å². The molecule has 2 amide bonds. The number of benzene rings is 2. The van der Waals surface area contributed by atoms with E-state index < -0.39 is 0 Å². The number of carbonyl (C=O) groups excluding carboxylic acids is 1. The number of rotatable bonds is 4. The molecule has 8 heteroatoms. The van der Waals surface area contributed by atoms with E-state index in [2.05, 4.69) is 20.6 Å². The number of halogens is 1. The number of hydrogen-bond acceptors (Lipinski definition) is 5. The lowest BCUT2D eigenvalue weighted by molar-refractivity contribution is 0.244. The largest absolute Gasteiger partial charge is 0.381 e. The Bertz CT molecular complexity index is 1340. The van der Waals surface area contributed by atoms with Gasteiger partial charge in [-0.3, -0.25) is 10.3 Å². The molecular weight excluding hydrogens is 448 g/mol. The Labute approximate surface area is 202 Å². The van der Waals surface area contributed by atoms with Crippen molar-refractivity contribution in [1.82, 2.24) is 20.3 Å². The minimum atomic E-state index is -0.327. The van der Waals surface area contributed by atoms with Crippen LogP contribution in [-0.2, 0) is 0 Å². The second kappa shape index (κ2) is 9.65. The third-order valence-electron chi connectivity index (χ3n) is 6.07. The van der Waals surface area contributed by atoms with E-state index in [9.17, 15) is 4.79 Å². The van der Waals surface area contributed by atoms with Gasteiger partial charge in [0, 0.05) is 28.8 Å². The fourth-order valence-corrected chi connectivity index (χ4v) is 4.67. The van der Waals surface area contributed by atoms with Gasteiger partial charge in [0.25, 0.3) is 0 Å². The van der Waals surface area contributed by atoms with Crippen LogP contribution in [-0.4, -0.2) is 27.0 Å². The van der Waals surface area contributed by atoms with Crippen LogP contribution in [0.1, 0.15) is 32.1 Å². The summed E-state index contributed by atoms with van der Waals surface area (Å²) in [6.07, 6.45) is 7.14. The maximum Gasteiger partial charge on any atom is 0.320 e. The first-order valence-corrected chi connectivity index (χ1v) is 11.8. The predicted octanol–water partition coefficient (Wildman–Crippen LogP) is 6.05. The first-order chi connectivity index (χ1) is 16.6. The number of carbonyl (C=O) groups is 1. The summed E-state index contributed by atoms with van der Waals surface area (Å²) < 4.78 is 0. The topological polar surface area (TPSA) is 106 Å². The Morgan fingerprint density at radius 1 is 0.941 bits per heavy atom. The Hall–Kier alpha value is -3.71. The highest BCUT2D eigenvalue weighted by molar-refractivity contribution is 6.35. The number of urea groups is 1. The summed E-state index contributed by atoms with van der Waals surface area (Å²) in [4.78, 5) is 26.5. The van der Waals surface area contributed by atoms with Crippen LogP contribution in [0.5, 0.6) is 0 Å². The summed E-state index contributed by atoms with van der Waals surface area (Å²) in [5, 5.41) is 7.23. The Balaban J connectivity index is 1.56. The van der Waals surface area contributed by atoms with Gasteiger partial charge in [-0.15, -0.1) is 0 Å². The third-order valence-corrected chi connectivity index (χ3v) is 6.36. The lowest BCUT2D eigenvalue weighted by atomic mass is 9.96. The Kier molecular flexibility index (Phi) is 6.27. The summed E-state index contributed by atoms with van der Waals surface area (Å²) in [6.45, 7) is 0. The number of anilines is 2. The average Bonchev–Trinajstić information content (AvgIpc) is 2.86. The van der Waals surface area contributed by atoms with Crippen LogP contribution in [0.4, 0.5) is 16.4 Å². The third kappa shape index (κ3) is 4.65. The van der Waals surface area contributed by atoms with E-state index in [1.54, 1.807) is 6.20 Å². The van der Waals surface area contributed by atoms with Gasteiger partial charge < -0.3 is 11.1 Å². The summed E-state index contributed by atoms with van der Waals surface area (Å²) >= 11 is 6.56. The van der Waals surface area contributed by atoms with Crippen LogP contribution >= 0.6 is 11.6 Å². The number of nitrogens with one attached hydrogen (secondary N) is 2. The molecule has 0 spiro atoms. The van der Waals surface area contributed by atoms with Gasteiger partial charge in [-0.1, -0.05) is 67.3 Å². The van der Waals surface area contributed by atoms with Crippen molar-refractivity contribution < 1.29 is 4.79 Å². The SMILES string of the molecule is Nc1nc(-c2ccccc2)c(-c2cc(Cl)c3ncccc3c2)nc1NC(=O)NC1CCCCC1. The number of hydrogen-bond donors (Lipinski definition) is 3. The maximum absolute atomic E-state index is 12.7. The molecule has 0 unspecified atom stereocenters. The molecule has 1 aliphatic rings. The van der Waals surface area contributed by atoms with Gasteiger partial charge in [0.05, 0.1) is 21.9 Å². The molecule has 0 atom stereocenters.